The van der Waals surface area contributed by atoms with Gasteiger partial charge in [-0.3, -0.25) is 4.68 Å². The van der Waals surface area contributed by atoms with E-state index in [0.717, 1.165) is 17.7 Å². The molecular formula is C10H13N5. The summed E-state index contributed by atoms with van der Waals surface area (Å²) in [4.78, 5) is 4.17. The number of nitrogens with zero attached hydrogens (tertiary/aromatic N) is 4. The van der Waals surface area contributed by atoms with E-state index in [1.54, 1.807) is 4.68 Å². The Bertz CT molecular complexity index is 483. The third-order valence-corrected chi connectivity index (χ3v) is 2.83. The van der Waals surface area contributed by atoms with Gasteiger partial charge in [0, 0.05) is 24.8 Å². The first kappa shape index (κ1) is 8.67. The van der Waals surface area contributed by atoms with Gasteiger partial charge in [0.2, 0.25) is 0 Å². The fraction of sp³-hybridized carbons (Fsp3) is 0.400. The molecule has 78 valence electrons. The Morgan fingerprint density at radius 1 is 1.47 bits per heavy atom. The van der Waals surface area contributed by atoms with Gasteiger partial charge in [-0.05, 0) is 6.42 Å². The molecule has 0 bridgehead atoms. The van der Waals surface area contributed by atoms with E-state index in [-0.39, 0.29) is 6.04 Å². The van der Waals surface area contributed by atoms with Crippen LogP contribution in [0.5, 0.6) is 0 Å². The van der Waals surface area contributed by atoms with Crippen molar-refractivity contribution in [3.05, 3.63) is 24.9 Å². The van der Waals surface area contributed by atoms with Gasteiger partial charge in [0.25, 0.3) is 0 Å². The Hall–Kier alpha value is -1.62. The van der Waals surface area contributed by atoms with Crippen molar-refractivity contribution in [2.75, 3.05) is 0 Å². The zero-order valence-corrected chi connectivity index (χ0v) is 8.54. The van der Waals surface area contributed by atoms with Crippen LogP contribution in [0.1, 0.15) is 12.5 Å². The van der Waals surface area contributed by atoms with Gasteiger partial charge in [-0.25, -0.2) is 4.98 Å². The van der Waals surface area contributed by atoms with Crippen molar-refractivity contribution in [2.24, 2.45) is 12.8 Å². The van der Waals surface area contributed by atoms with Crippen LogP contribution in [0.25, 0.3) is 11.3 Å². The first-order chi connectivity index (χ1) is 7.25. The molecule has 1 aliphatic carbocycles. The first-order valence-electron chi connectivity index (χ1n) is 5.02. The normalized spacial score (nSPS) is 24.4. The maximum Gasteiger partial charge on any atom is 0.0954 e. The smallest absolute Gasteiger partial charge is 0.0954 e. The maximum atomic E-state index is 5.84. The van der Waals surface area contributed by atoms with Crippen LogP contribution >= 0.6 is 0 Å². The minimum absolute atomic E-state index is 0.287. The quantitative estimate of drug-likeness (QED) is 0.775. The fourth-order valence-electron chi connectivity index (χ4n) is 1.87. The van der Waals surface area contributed by atoms with Gasteiger partial charge in [-0.15, -0.1) is 0 Å². The van der Waals surface area contributed by atoms with E-state index in [9.17, 15) is 0 Å². The van der Waals surface area contributed by atoms with Crippen LogP contribution in [0.2, 0.25) is 0 Å². The van der Waals surface area contributed by atoms with Crippen LogP contribution in [0.4, 0.5) is 0 Å². The molecule has 2 aromatic heterocycles. The number of rotatable bonds is 2. The van der Waals surface area contributed by atoms with E-state index >= 15 is 0 Å². The molecular weight excluding hydrogens is 190 g/mol. The van der Waals surface area contributed by atoms with Crippen molar-refractivity contribution in [3.63, 3.8) is 0 Å². The van der Waals surface area contributed by atoms with Gasteiger partial charge in [-0.2, -0.15) is 5.10 Å². The summed E-state index contributed by atoms with van der Waals surface area (Å²) in [6, 6.07) is 0.706. The van der Waals surface area contributed by atoms with Gasteiger partial charge < -0.3 is 10.3 Å². The summed E-state index contributed by atoms with van der Waals surface area (Å²) in [5, 5.41) is 4.16. The number of hydrogen-bond donors (Lipinski definition) is 1. The number of nitrogens with two attached hydrogens (primary N) is 1. The average molecular weight is 203 g/mol. The summed E-state index contributed by atoms with van der Waals surface area (Å²) in [5.41, 5.74) is 8.03. The summed E-state index contributed by atoms with van der Waals surface area (Å²) >= 11 is 0. The molecule has 2 heterocycles. The molecule has 0 aliphatic heterocycles. The second kappa shape index (κ2) is 2.93. The van der Waals surface area contributed by atoms with Crippen molar-refractivity contribution in [2.45, 2.75) is 18.5 Å². The van der Waals surface area contributed by atoms with Crippen molar-refractivity contribution < 1.29 is 0 Å². The molecule has 0 spiro atoms. The molecule has 2 N–H and O–H groups in total. The SMILES string of the molecule is Cn1cc(-c2cncn2C2CC2N)cn1. The van der Waals surface area contributed by atoms with E-state index in [2.05, 4.69) is 14.6 Å². The van der Waals surface area contributed by atoms with Gasteiger partial charge in [0.1, 0.15) is 0 Å². The number of imidazole rings is 1. The van der Waals surface area contributed by atoms with Crippen LogP contribution in [0.15, 0.2) is 24.9 Å². The van der Waals surface area contributed by atoms with E-state index in [1.165, 1.54) is 0 Å². The van der Waals surface area contributed by atoms with Gasteiger partial charge in [0.15, 0.2) is 0 Å². The number of hydrogen-bond acceptors (Lipinski definition) is 3. The highest BCUT2D eigenvalue weighted by Gasteiger charge is 2.36. The predicted molar refractivity (Wildman–Crippen MR) is 56.1 cm³/mol. The Morgan fingerprint density at radius 3 is 2.87 bits per heavy atom. The van der Waals surface area contributed by atoms with Gasteiger partial charge in [0.05, 0.1) is 30.5 Å². The van der Waals surface area contributed by atoms with Crippen molar-refractivity contribution >= 4 is 0 Å². The molecule has 3 rings (SSSR count). The van der Waals surface area contributed by atoms with Crippen LogP contribution in [0.3, 0.4) is 0 Å². The lowest BCUT2D eigenvalue weighted by atomic mass is 10.3. The predicted octanol–water partition coefficient (Wildman–Crippen LogP) is 0.556. The monoisotopic (exact) mass is 203 g/mol. The van der Waals surface area contributed by atoms with Gasteiger partial charge in [-0.1, -0.05) is 0 Å². The fourth-order valence-corrected chi connectivity index (χ4v) is 1.87. The lowest BCUT2D eigenvalue weighted by Crippen LogP contribution is -2.06. The molecule has 2 aromatic rings. The zero-order chi connectivity index (χ0) is 10.4. The summed E-state index contributed by atoms with van der Waals surface area (Å²) in [6.07, 6.45) is 8.59. The second-order valence-corrected chi connectivity index (χ2v) is 4.06. The van der Waals surface area contributed by atoms with Crippen LogP contribution in [0, 0.1) is 0 Å². The summed E-state index contributed by atoms with van der Waals surface area (Å²) < 4.78 is 3.93. The number of aryl methyl sites for hydroxylation is 1. The minimum atomic E-state index is 0.287. The Balaban J connectivity index is 2.01. The van der Waals surface area contributed by atoms with Crippen LogP contribution in [-0.2, 0) is 7.05 Å². The molecule has 2 atom stereocenters. The number of aromatic nitrogens is 4. The molecule has 5 nitrogen and oxygen atoms in total. The highest BCUT2D eigenvalue weighted by atomic mass is 15.2. The molecule has 0 aromatic carbocycles. The van der Waals surface area contributed by atoms with E-state index in [4.69, 9.17) is 5.73 Å². The third kappa shape index (κ3) is 1.35. The molecule has 2 unspecified atom stereocenters. The minimum Gasteiger partial charge on any atom is -0.326 e. The third-order valence-electron chi connectivity index (χ3n) is 2.83. The maximum absolute atomic E-state index is 5.84. The Kier molecular flexibility index (Phi) is 1.70. The van der Waals surface area contributed by atoms with Crippen LogP contribution in [-0.4, -0.2) is 25.4 Å². The Morgan fingerprint density at radius 2 is 2.27 bits per heavy atom. The van der Waals surface area contributed by atoms with Crippen molar-refractivity contribution in [1.82, 2.24) is 19.3 Å². The highest BCUT2D eigenvalue weighted by Crippen LogP contribution is 2.36. The largest absolute Gasteiger partial charge is 0.326 e. The highest BCUT2D eigenvalue weighted by molar-refractivity contribution is 5.57. The van der Waals surface area contributed by atoms with E-state index in [1.807, 2.05) is 32.0 Å². The summed E-state index contributed by atoms with van der Waals surface area (Å²) in [6.45, 7) is 0. The standard InChI is InChI=1S/C10H13N5/c1-14-5-7(3-13-14)10-4-12-6-15(10)9-2-8(9)11/h3-6,8-9H,2,11H2,1H3. The van der Waals surface area contributed by atoms with Crippen LogP contribution < -0.4 is 5.73 Å². The molecule has 0 radical (unpaired) electrons. The van der Waals surface area contributed by atoms with Crippen molar-refractivity contribution in [3.8, 4) is 11.3 Å². The summed E-state index contributed by atoms with van der Waals surface area (Å²) in [5.74, 6) is 0. The van der Waals surface area contributed by atoms with Gasteiger partial charge >= 0.3 is 0 Å². The molecule has 0 amide bonds. The Labute approximate surface area is 87.5 Å². The molecule has 1 saturated carbocycles. The van der Waals surface area contributed by atoms with E-state index < -0.39 is 0 Å². The molecule has 1 aliphatic rings. The molecule has 5 heteroatoms. The second-order valence-electron chi connectivity index (χ2n) is 4.06. The molecule has 0 saturated heterocycles. The molecule has 1 fully saturated rings. The van der Waals surface area contributed by atoms with E-state index in [0.29, 0.717) is 6.04 Å². The van der Waals surface area contributed by atoms with Crippen molar-refractivity contribution in [1.29, 1.82) is 0 Å². The lowest BCUT2D eigenvalue weighted by Gasteiger charge is -2.04. The average Bonchev–Trinajstić information content (AvgIpc) is 2.70. The molecule has 15 heavy (non-hydrogen) atoms. The first-order valence-corrected chi connectivity index (χ1v) is 5.02. The topological polar surface area (TPSA) is 61.7 Å². The lowest BCUT2D eigenvalue weighted by molar-refractivity contribution is 0.718. The zero-order valence-electron chi connectivity index (χ0n) is 8.54. The summed E-state index contributed by atoms with van der Waals surface area (Å²) in [7, 11) is 1.91.